The molecule has 6 nitrogen and oxygen atoms in total. The van der Waals surface area contributed by atoms with Crippen LogP contribution in [0.5, 0.6) is 0 Å². The molecule has 0 aliphatic heterocycles. The van der Waals surface area contributed by atoms with Crippen LogP contribution < -0.4 is 0 Å². The molecule has 7 heteroatoms. The molecule has 6 heterocycles. The standard InChI is InChI=1S/C20H14N4.C15H18N2.Ru/c1-3-13-21-15(7-1)17-9-5-11-19(23-17)20-12-6-10-18(24-20)16-8-2-4-14-22-16;1-11-5-7-16-13(9-11)14-10-12(6-8-17-14)15(2,3)4;/h1-14H;5-10H,1-4H3;. The van der Waals surface area contributed by atoms with E-state index >= 15 is 0 Å². The summed E-state index contributed by atoms with van der Waals surface area (Å²) in [7, 11) is 0. The molecule has 0 saturated carbocycles. The van der Waals surface area contributed by atoms with Crippen molar-refractivity contribution >= 4 is 0 Å². The first-order valence-electron chi connectivity index (χ1n) is 13.5. The van der Waals surface area contributed by atoms with E-state index in [9.17, 15) is 0 Å². The largest absolute Gasteiger partial charge is 0.255 e. The van der Waals surface area contributed by atoms with E-state index in [1.807, 2.05) is 91.3 Å². The van der Waals surface area contributed by atoms with Gasteiger partial charge in [-0.05, 0) is 96.3 Å². The second-order valence-corrected chi connectivity index (χ2v) is 10.6. The summed E-state index contributed by atoms with van der Waals surface area (Å²) in [5.74, 6) is 0. The Kier molecular flexibility index (Phi) is 10.1. The van der Waals surface area contributed by atoms with Crippen LogP contribution in [0.1, 0.15) is 31.9 Å². The summed E-state index contributed by atoms with van der Waals surface area (Å²) >= 11 is 0. The van der Waals surface area contributed by atoms with Gasteiger partial charge in [-0.15, -0.1) is 0 Å². The number of aromatic nitrogens is 6. The molecule has 6 aromatic heterocycles. The van der Waals surface area contributed by atoms with E-state index in [1.54, 1.807) is 12.4 Å². The molecule has 0 radical (unpaired) electrons. The van der Waals surface area contributed by atoms with Crippen molar-refractivity contribution in [3.63, 3.8) is 0 Å². The van der Waals surface area contributed by atoms with Crippen LogP contribution in [0.25, 0.3) is 45.6 Å². The van der Waals surface area contributed by atoms with Crippen LogP contribution in [0.2, 0.25) is 0 Å². The summed E-state index contributed by atoms with van der Waals surface area (Å²) in [6, 6.07) is 31.6. The van der Waals surface area contributed by atoms with Crippen LogP contribution in [-0.2, 0) is 24.9 Å². The first-order chi connectivity index (χ1) is 19.9. The quantitative estimate of drug-likeness (QED) is 0.182. The molecule has 0 aromatic carbocycles. The molecule has 0 spiro atoms. The topological polar surface area (TPSA) is 77.3 Å². The zero-order chi connectivity index (χ0) is 28.7. The predicted molar refractivity (Wildman–Crippen MR) is 165 cm³/mol. The molecule has 0 amide bonds. The van der Waals surface area contributed by atoms with E-state index in [0.717, 1.165) is 45.6 Å². The summed E-state index contributed by atoms with van der Waals surface area (Å²) in [5, 5.41) is 0. The number of aryl methyl sites for hydroxylation is 1. The van der Waals surface area contributed by atoms with E-state index in [0.29, 0.717) is 0 Å². The van der Waals surface area contributed by atoms with Gasteiger partial charge >= 0.3 is 0 Å². The third kappa shape index (κ3) is 7.83. The van der Waals surface area contributed by atoms with Crippen molar-refractivity contribution in [2.24, 2.45) is 0 Å². The Morgan fingerprint density at radius 1 is 0.429 bits per heavy atom. The minimum absolute atomic E-state index is 0. The van der Waals surface area contributed by atoms with Crippen LogP contribution in [-0.4, -0.2) is 29.9 Å². The molecule has 0 aliphatic carbocycles. The second kappa shape index (κ2) is 13.9. The average molecular weight is 638 g/mol. The number of pyridine rings is 6. The van der Waals surface area contributed by atoms with E-state index in [-0.39, 0.29) is 24.9 Å². The van der Waals surface area contributed by atoms with Crippen LogP contribution in [0, 0.1) is 6.92 Å². The number of hydrogen-bond acceptors (Lipinski definition) is 6. The van der Waals surface area contributed by atoms with Gasteiger partial charge in [0, 0.05) is 44.3 Å². The fourth-order valence-electron chi connectivity index (χ4n) is 4.18. The van der Waals surface area contributed by atoms with Gasteiger partial charge in [0.2, 0.25) is 0 Å². The maximum Gasteiger partial charge on any atom is 0.0894 e. The Labute approximate surface area is 260 Å². The Balaban J connectivity index is 0.000000200. The Morgan fingerprint density at radius 3 is 1.31 bits per heavy atom. The number of hydrogen-bond donors (Lipinski definition) is 0. The van der Waals surface area contributed by atoms with Gasteiger partial charge in [0.05, 0.1) is 45.6 Å². The minimum Gasteiger partial charge on any atom is -0.255 e. The summed E-state index contributed by atoms with van der Waals surface area (Å²) in [4.78, 5) is 26.9. The SMILES string of the molecule is Cc1ccnc(-c2cc(C(C)(C)C)ccn2)c1.[Ru].c1ccc(-c2cccc(-c3cccc(-c4ccccn4)n3)n2)nc1. The molecule has 42 heavy (non-hydrogen) atoms. The summed E-state index contributed by atoms with van der Waals surface area (Å²) in [5.41, 5.74) is 9.51. The third-order valence-electron chi connectivity index (χ3n) is 6.42. The molecule has 0 aliphatic rings. The molecule has 0 saturated heterocycles. The number of nitrogens with zero attached hydrogens (tertiary/aromatic N) is 6. The van der Waals surface area contributed by atoms with Crippen molar-refractivity contribution in [3.05, 3.63) is 133 Å². The van der Waals surface area contributed by atoms with Gasteiger partial charge in [-0.1, -0.05) is 45.0 Å². The van der Waals surface area contributed by atoms with E-state index in [2.05, 4.69) is 65.8 Å². The molecular formula is C35H32N6Ru. The Hall–Kier alpha value is -4.48. The number of rotatable bonds is 4. The predicted octanol–water partition coefficient (Wildman–Crippen LogP) is 8.01. The van der Waals surface area contributed by atoms with E-state index in [1.165, 1.54) is 11.1 Å². The molecule has 6 rings (SSSR count). The zero-order valence-electron chi connectivity index (χ0n) is 24.1. The van der Waals surface area contributed by atoms with Gasteiger partial charge in [0.25, 0.3) is 0 Å². The fourth-order valence-corrected chi connectivity index (χ4v) is 4.18. The maximum atomic E-state index is 4.70. The van der Waals surface area contributed by atoms with Gasteiger partial charge in [-0.2, -0.15) is 0 Å². The van der Waals surface area contributed by atoms with Crippen molar-refractivity contribution in [3.8, 4) is 45.6 Å². The first kappa shape index (κ1) is 30.5. The molecule has 0 fully saturated rings. The molecule has 0 atom stereocenters. The van der Waals surface area contributed by atoms with Crippen LogP contribution in [0.3, 0.4) is 0 Å². The van der Waals surface area contributed by atoms with Crippen molar-refractivity contribution in [2.45, 2.75) is 33.1 Å². The molecule has 0 unspecified atom stereocenters. The van der Waals surface area contributed by atoms with Crippen molar-refractivity contribution in [1.29, 1.82) is 0 Å². The zero-order valence-corrected chi connectivity index (χ0v) is 25.8. The monoisotopic (exact) mass is 638 g/mol. The van der Waals surface area contributed by atoms with Gasteiger partial charge in [0.1, 0.15) is 0 Å². The van der Waals surface area contributed by atoms with E-state index < -0.39 is 0 Å². The second-order valence-electron chi connectivity index (χ2n) is 10.6. The fraction of sp³-hybridized carbons (Fsp3) is 0.143. The Morgan fingerprint density at radius 2 is 0.857 bits per heavy atom. The van der Waals surface area contributed by atoms with Crippen molar-refractivity contribution in [1.82, 2.24) is 29.9 Å². The van der Waals surface area contributed by atoms with Gasteiger partial charge < -0.3 is 0 Å². The Bertz CT molecular complexity index is 1650. The van der Waals surface area contributed by atoms with Gasteiger partial charge in [-0.3, -0.25) is 19.9 Å². The minimum atomic E-state index is 0. The van der Waals surface area contributed by atoms with Crippen LogP contribution >= 0.6 is 0 Å². The van der Waals surface area contributed by atoms with Gasteiger partial charge in [0.15, 0.2) is 0 Å². The summed E-state index contributed by atoms with van der Waals surface area (Å²) in [6.45, 7) is 8.68. The summed E-state index contributed by atoms with van der Waals surface area (Å²) in [6.07, 6.45) is 7.23. The van der Waals surface area contributed by atoms with Crippen molar-refractivity contribution < 1.29 is 19.5 Å². The third-order valence-corrected chi connectivity index (χ3v) is 6.42. The normalized spacial score (nSPS) is 10.7. The summed E-state index contributed by atoms with van der Waals surface area (Å²) < 4.78 is 0. The van der Waals surface area contributed by atoms with Crippen molar-refractivity contribution in [2.75, 3.05) is 0 Å². The van der Waals surface area contributed by atoms with Crippen LogP contribution in [0.15, 0.2) is 122 Å². The first-order valence-corrected chi connectivity index (χ1v) is 13.5. The van der Waals surface area contributed by atoms with Crippen LogP contribution in [0.4, 0.5) is 0 Å². The molecule has 0 bridgehead atoms. The van der Waals surface area contributed by atoms with Gasteiger partial charge in [-0.25, -0.2) is 9.97 Å². The maximum absolute atomic E-state index is 4.70. The molecule has 210 valence electrons. The molecular weight excluding hydrogens is 605 g/mol. The average Bonchev–Trinajstić information content (AvgIpc) is 3.02. The van der Waals surface area contributed by atoms with E-state index in [4.69, 9.17) is 9.97 Å². The smallest absolute Gasteiger partial charge is 0.0894 e. The molecule has 0 N–H and O–H groups in total. The molecule has 6 aromatic rings.